The van der Waals surface area contributed by atoms with Crippen LogP contribution in [0.15, 0.2) is 18.2 Å². The molecule has 0 aliphatic carbocycles. The highest BCUT2D eigenvalue weighted by Crippen LogP contribution is 2.28. The van der Waals surface area contributed by atoms with Crippen molar-refractivity contribution in [2.24, 2.45) is 0 Å². The van der Waals surface area contributed by atoms with E-state index in [1.165, 1.54) is 0 Å². The van der Waals surface area contributed by atoms with Gasteiger partial charge in [0.15, 0.2) is 0 Å². The van der Waals surface area contributed by atoms with Crippen molar-refractivity contribution in [1.82, 2.24) is 16.0 Å². The molecule has 2 rings (SSSR count). The van der Waals surface area contributed by atoms with Gasteiger partial charge in [0, 0.05) is 17.1 Å². The lowest BCUT2D eigenvalue weighted by Gasteiger charge is -2.46. The molecule has 24 heavy (non-hydrogen) atoms. The van der Waals surface area contributed by atoms with Crippen LogP contribution in [0.2, 0.25) is 0 Å². The molecule has 0 saturated carbocycles. The van der Waals surface area contributed by atoms with Crippen molar-refractivity contribution in [1.29, 1.82) is 0 Å². The standard InChI is InChI=1S/C17H23F2N3O2/c1-16(2)8-10(9-17(3,4)22-16)20-15(24)21-14(23)13-11(18)6-5-7-12(13)19/h5-7,10,22H,8-9H2,1-4H3,(H2,20,21,23,24). The second-order valence-corrected chi connectivity index (χ2v) is 7.52. The first-order valence-electron chi connectivity index (χ1n) is 7.84. The minimum absolute atomic E-state index is 0.158. The van der Waals surface area contributed by atoms with Crippen LogP contribution >= 0.6 is 0 Å². The number of amides is 3. The number of carbonyl (C=O) groups excluding carboxylic acids is 2. The van der Waals surface area contributed by atoms with E-state index >= 15 is 0 Å². The highest BCUT2D eigenvalue weighted by atomic mass is 19.1. The Bertz CT molecular complexity index is 623. The largest absolute Gasteiger partial charge is 0.335 e. The van der Waals surface area contributed by atoms with Gasteiger partial charge in [-0.25, -0.2) is 13.6 Å². The lowest BCUT2D eigenvalue weighted by atomic mass is 9.80. The fourth-order valence-electron chi connectivity index (χ4n) is 3.53. The summed E-state index contributed by atoms with van der Waals surface area (Å²) in [7, 11) is 0. The fraction of sp³-hybridized carbons (Fsp3) is 0.529. The van der Waals surface area contributed by atoms with E-state index < -0.39 is 29.1 Å². The summed E-state index contributed by atoms with van der Waals surface area (Å²) < 4.78 is 27.1. The predicted octanol–water partition coefficient (Wildman–Crippen LogP) is 2.71. The Hall–Kier alpha value is -2.02. The zero-order chi connectivity index (χ0) is 18.1. The van der Waals surface area contributed by atoms with Crippen molar-refractivity contribution in [2.75, 3.05) is 0 Å². The maximum absolute atomic E-state index is 13.6. The van der Waals surface area contributed by atoms with Crippen LogP contribution < -0.4 is 16.0 Å². The van der Waals surface area contributed by atoms with E-state index in [-0.39, 0.29) is 17.1 Å². The van der Waals surface area contributed by atoms with Gasteiger partial charge >= 0.3 is 6.03 Å². The molecule has 1 aliphatic rings. The molecule has 132 valence electrons. The minimum atomic E-state index is -1.10. The molecular weight excluding hydrogens is 316 g/mol. The second-order valence-electron chi connectivity index (χ2n) is 7.52. The number of benzene rings is 1. The van der Waals surface area contributed by atoms with Crippen molar-refractivity contribution in [3.8, 4) is 0 Å². The number of rotatable bonds is 2. The number of hydrogen-bond donors (Lipinski definition) is 3. The summed E-state index contributed by atoms with van der Waals surface area (Å²) in [4.78, 5) is 24.0. The number of imide groups is 1. The van der Waals surface area contributed by atoms with Crippen molar-refractivity contribution in [3.05, 3.63) is 35.4 Å². The summed E-state index contributed by atoms with van der Waals surface area (Å²) in [6.07, 6.45) is 1.35. The smallest absolute Gasteiger partial charge is 0.321 e. The molecule has 1 aliphatic heterocycles. The third-order valence-corrected chi connectivity index (χ3v) is 3.94. The molecule has 1 heterocycles. The van der Waals surface area contributed by atoms with Gasteiger partial charge in [-0.3, -0.25) is 10.1 Å². The van der Waals surface area contributed by atoms with Crippen LogP contribution in [0.1, 0.15) is 50.9 Å². The minimum Gasteiger partial charge on any atom is -0.335 e. The molecule has 1 aromatic carbocycles. The Morgan fingerprint density at radius 3 is 2.08 bits per heavy atom. The molecule has 3 N–H and O–H groups in total. The van der Waals surface area contributed by atoms with E-state index in [2.05, 4.69) is 10.6 Å². The van der Waals surface area contributed by atoms with Gasteiger partial charge < -0.3 is 10.6 Å². The second kappa shape index (κ2) is 6.47. The van der Waals surface area contributed by atoms with E-state index in [0.717, 1.165) is 18.2 Å². The van der Waals surface area contributed by atoms with Crippen molar-refractivity contribution >= 4 is 11.9 Å². The van der Waals surface area contributed by atoms with Crippen molar-refractivity contribution in [2.45, 2.75) is 57.7 Å². The Balaban J connectivity index is 2.02. The van der Waals surface area contributed by atoms with Crippen LogP contribution in [0, 0.1) is 11.6 Å². The van der Waals surface area contributed by atoms with E-state index in [1.54, 1.807) is 0 Å². The quantitative estimate of drug-likeness (QED) is 0.776. The van der Waals surface area contributed by atoms with Crippen LogP contribution in [0.4, 0.5) is 13.6 Å². The van der Waals surface area contributed by atoms with Gasteiger partial charge in [-0.15, -0.1) is 0 Å². The molecule has 0 spiro atoms. The summed E-state index contributed by atoms with van der Waals surface area (Å²) in [6, 6.07) is 2.16. The summed E-state index contributed by atoms with van der Waals surface area (Å²) in [5.74, 6) is -3.12. The van der Waals surface area contributed by atoms with E-state index in [0.29, 0.717) is 12.8 Å². The molecule has 0 radical (unpaired) electrons. The lowest BCUT2D eigenvalue weighted by Crippen LogP contribution is -2.63. The number of hydrogen-bond acceptors (Lipinski definition) is 3. The first-order valence-corrected chi connectivity index (χ1v) is 7.84. The molecule has 5 nitrogen and oxygen atoms in total. The Morgan fingerprint density at radius 2 is 1.58 bits per heavy atom. The maximum atomic E-state index is 13.6. The summed E-state index contributed by atoms with van der Waals surface area (Å²) >= 11 is 0. The summed E-state index contributed by atoms with van der Waals surface area (Å²) in [5.41, 5.74) is -1.12. The highest BCUT2D eigenvalue weighted by Gasteiger charge is 2.38. The van der Waals surface area contributed by atoms with Crippen LogP contribution in [0.25, 0.3) is 0 Å². The topological polar surface area (TPSA) is 70.2 Å². The number of urea groups is 1. The van der Waals surface area contributed by atoms with Gasteiger partial charge in [-0.1, -0.05) is 6.07 Å². The molecule has 1 fully saturated rings. The van der Waals surface area contributed by atoms with Gasteiger partial charge in [-0.05, 0) is 52.7 Å². The first-order chi connectivity index (χ1) is 11.0. The number of piperidine rings is 1. The third-order valence-electron chi connectivity index (χ3n) is 3.94. The number of carbonyl (C=O) groups is 2. The van der Waals surface area contributed by atoms with Gasteiger partial charge in [0.05, 0.1) is 0 Å². The average Bonchev–Trinajstić information content (AvgIpc) is 2.33. The summed E-state index contributed by atoms with van der Waals surface area (Å²) in [5, 5.41) is 8.18. The van der Waals surface area contributed by atoms with Crippen molar-refractivity contribution < 1.29 is 18.4 Å². The van der Waals surface area contributed by atoms with Crippen LogP contribution in [-0.2, 0) is 0 Å². The molecule has 0 bridgehead atoms. The fourth-order valence-corrected chi connectivity index (χ4v) is 3.53. The Kier molecular flexibility index (Phi) is 4.94. The highest BCUT2D eigenvalue weighted by molar-refractivity contribution is 6.04. The van der Waals surface area contributed by atoms with Crippen LogP contribution in [-0.4, -0.2) is 29.1 Å². The Labute approximate surface area is 140 Å². The zero-order valence-corrected chi connectivity index (χ0v) is 14.3. The molecular formula is C17H23F2N3O2. The van der Waals surface area contributed by atoms with Crippen molar-refractivity contribution in [3.63, 3.8) is 0 Å². The van der Waals surface area contributed by atoms with Crippen LogP contribution in [0.3, 0.4) is 0 Å². The molecule has 1 aromatic rings. The molecule has 0 atom stereocenters. The number of nitrogens with one attached hydrogen (secondary N) is 3. The number of halogens is 2. The third kappa shape index (κ3) is 4.50. The van der Waals surface area contributed by atoms with Gasteiger partial charge in [0.1, 0.15) is 17.2 Å². The Morgan fingerprint density at radius 1 is 1.08 bits per heavy atom. The lowest BCUT2D eigenvalue weighted by molar-refractivity contribution is 0.0952. The summed E-state index contributed by atoms with van der Waals surface area (Å²) in [6.45, 7) is 8.11. The average molecular weight is 339 g/mol. The maximum Gasteiger partial charge on any atom is 0.321 e. The molecule has 3 amide bonds. The van der Waals surface area contributed by atoms with Gasteiger partial charge in [0.2, 0.25) is 0 Å². The first kappa shape index (κ1) is 18.3. The monoisotopic (exact) mass is 339 g/mol. The van der Waals surface area contributed by atoms with Gasteiger partial charge in [-0.2, -0.15) is 0 Å². The zero-order valence-electron chi connectivity index (χ0n) is 14.3. The molecule has 0 aromatic heterocycles. The molecule has 7 heteroatoms. The van der Waals surface area contributed by atoms with E-state index in [9.17, 15) is 18.4 Å². The van der Waals surface area contributed by atoms with E-state index in [4.69, 9.17) is 0 Å². The van der Waals surface area contributed by atoms with E-state index in [1.807, 2.05) is 33.0 Å². The SMILES string of the molecule is CC1(C)CC(NC(=O)NC(=O)c2c(F)cccc2F)CC(C)(C)N1. The van der Waals surface area contributed by atoms with Gasteiger partial charge in [0.25, 0.3) is 5.91 Å². The predicted molar refractivity (Wildman–Crippen MR) is 86.7 cm³/mol. The van der Waals surface area contributed by atoms with Crippen LogP contribution in [0.5, 0.6) is 0 Å². The molecule has 1 saturated heterocycles. The normalized spacial score (nSPS) is 19.6. The molecule has 0 unspecified atom stereocenters.